The molecule has 0 aliphatic carbocycles. The minimum Gasteiger partial charge on any atom is -0.497 e. The molecule has 0 spiro atoms. The normalized spacial score (nSPS) is 13.4. The molecule has 0 fully saturated rings. The number of aliphatic hydroxyl groups is 1. The molecule has 0 bridgehead atoms. The van der Waals surface area contributed by atoms with Gasteiger partial charge in [0.1, 0.15) is 11.4 Å². The summed E-state index contributed by atoms with van der Waals surface area (Å²) >= 11 is 0. The minimum absolute atomic E-state index is 0.0184. The Morgan fingerprint density at radius 3 is 2.22 bits per heavy atom. The standard InChI is InChI=1S/C26H37N3O6S/c1-19(2)17-27-29(36(32,33)22-14-12-21(34-6)13-15-22)18-24(30)23(16-20-10-8-7-9-11-20)28-25(31)35-26(3,4)5/h7-15,17,23-24,27,30H,16,18H2,1-6H3,(H,28,31)/t23-,24+/m0/s1. The summed E-state index contributed by atoms with van der Waals surface area (Å²) in [5.41, 5.74) is 3.73. The van der Waals surface area contributed by atoms with Gasteiger partial charge in [-0.15, -0.1) is 4.41 Å². The van der Waals surface area contributed by atoms with Gasteiger partial charge in [-0.05, 0) is 70.9 Å². The second kappa shape index (κ2) is 12.8. The number of rotatable bonds is 11. The maximum absolute atomic E-state index is 13.4. The molecule has 2 aromatic carbocycles. The molecule has 3 N–H and O–H groups in total. The molecule has 2 atom stereocenters. The molecule has 0 unspecified atom stereocenters. The maximum Gasteiger partial charge on any atom is 0.407 e. The number of carbonyl (C=O) groups is 1. The molecule has 2 rings (SSSR count). The zero-order chi connectivity index (χ0) is 26.9. The molecule has 36 heavy (non-hydrogen) atoms. The molecule has 0 aliphatic heterocycles. The Labute approximate surface area is 214 Å². The van der Waals surface area contributed by atoms with Crippen molar-refractivity contribution in [2.24, 2.45) is 0 Å². The number of sulfonamides is 1. The van der Waals surface area contributed by atoms with Gasteiger partial charge < -0.3 is 25.3 Å². The molecule has 0 saturated carbocycles. The van der Waals surface area contributed by atoms with Gasteiger partial charge in [-0.3, -0.25) is 0 Å². The number of ether oxygens (including phenoxy) is 2. The van der Waals surface area contributed by atoms with Crippen LogP contribution in [0.5, 0.6) is 5.75 Å². The Balaban J connectivity index is 2.34. The van der Waals surface area contributed by atoms with Crippen molar-refractivity contribution in [1.29, 1.82) is 0 Å². The van der Waals surface area contributed by atoms with Gasteiger partial charge in [0.2, 0.25) is 0 Å². The number of carbonyl (C=O) groups excluding carboxylic acids is 1. The van der Waals surface area contributed by atoms with Gasteiger partial charge in [0.15, 0.2) is 0 Å². The summed E-state index contributed by atoms with van der Waals surface area (Å²) in [6.07, 6.45) is -0.185. The molecule has 2 aromatic rings. The van der Waals surface area contributed by atoms with Crippen LogP contribution in [0.4, 0.5) is 4.79 Å². The monoisotopic (exact) mass is 519 g/mol. The van der Waals surface area contributed by atoms with Gasteiger partial charge in [0, 0.05) is 6.20 Å². The molecule has 0 saturated heterocycles. The van der Waals surface area contributed by atoms with E-state index < -0.39 is 33.9 Å². The summed E-state index contributed by atoms with van der Waals surface area (Å²) in [7, 11) is -2.57. The van der Waals surface area contributed by atoms with Crippen molar-refractivity contribution < 1.29 is 27.8 Å². The molecule has 10 heteroatoms. The van der Waals surface area contributed by atoms with Gasteiger partial charge in [0.05, 0.1) is 30.7 Å². The van der Waals surface area contributed by atoms with Crippen LogP contribution in [0.1, 0.15) is 40.2 Å². The van der Waals surface area contributed by atoms with E-state index >= 15 is 0 Å². The van der Waals surface area contributed by atoms with Crippen molar-refractivity contribution in [1.82, 2.24) is 15.2 Å². The fourth-order valence-electron chi connectivity index (χ4n) is 3.20. The van der Waals surface area contributed by atoms with Crippen molar-refractivity contribution in [3.63, 3.8) is 0 Å². The number of nitrogens with one attached hydrogen (secondary N) is 2. The SMILES string of the molecule is COc1ccc(S(=O)(=O)N(C[C@@H](O)[C@H](Cc2ccccc2)NC(=O)OC(C)(C)C)NC=C(C)C)cc1. The van der Waals surface area contributed by atoms with Crippen molar-refractivity contribution in [2.75, 3.05) is 13.7 Å². The summed E-state index contributed by atoms with van der Waals surface area (Å²) in [5, 5.41) is 13.9. The van der Waals surface area contributed by atoms with E-state index in [9.17, 15) is 18.3 Å². The molecule has 0 aromatic heterocycles. The molecular weight excluding hydrogens is 482 g/mol. The number of allylic oxidation sites excluding steroid dienone is 1. The van der Waals surface area contributed by atoms with Crippen molar-refractivity contribution in [2.45, 2.75) is 63.7 Å². The predicted molar refractivity (Wildman–Crippen MR) is 139 cm³/mol. The van der Waals surface area contributed by atoms with E-state index in [-0.39, 0.29) is 17.9 Å². The van der Waals surface area contributed by atoms with Crippen LogP contribution in [0.15, 0.2) is 71.3 Å². The van der Waals surface area contributed by atoms with Crippen LogP contribution in [-0.4, -0.2) is 55.4 Å². The number of aliphatic hydroxyl groups excluding tert-OH is 1. The predicted octanol–water partition coefficient (Wildman–Crippen LogP) is 3.61. The number of benzene rings is 2. The smallest absolute Gasteiger partial charge is 0.407 e. The van der Waals surface area contributed by atoms with E-state index in [1.807, 2.05) is 44.2 Å². The lowest BCUT2D eigenvalue weighted by Gasteiger charge is -2.30. The van der Waals surface area contributed by atoms with Gasteiger partial charge in [0.25, 0.3) is 10.0 Å². The van der Waals surface area contributed by atoms with E-state index in [4.69, 9.17) is 9.47 Å². The molecule has 9 nitrogen and oxygen atoms in total. The highest BCUT2D eigenvalue weighted by atomic mass is 32.2. The number of hydrazine groups is 1. The average Bonchev–Trinajstić information content (AvgIpc) is 2.80. The quantitative estimate of drug-likeness (QED) is 0.388. The third-order valence-corrected chi connectivity index (χ3v) is 6.67. The molecule has 198 valence electrons. The average molecular weight is 520 g/mol. The van der Waals surface area contributed by atoms with Crippen LogP contribution in [0.3, 0.4) is 0 Å². The Kier molecular flexibility index (Phi) is 10.3. The van der Waals surface area contributed by atoms with Crippen LogP contribution in [-0.2, 0) is 21.2 Å². The van der Waals surface area contributed by atoms with E-state index in [2.05, 4.69) is 10.7 Å². The summed E-state index contributed by atoms with van der Waals surface area (Å²) in [6.45, 7) is 8.49. The fraction of sp³-hybridized carbons (Fsp3) is 0.423. The number of methoxy groups -OCH3 is 1. The lowest BCUT2D eigenvalue weighted by atomic mass is 10.0. The molecule has 0 radical (unpaired) electrons. The second-order valence-corrected chi connectivity index (χ2v) is 11.4. The summed E-state index contributed by atoms with van der Waals surface area (Å²) < 4.78 is 38.3. The van der Waals surface area contributed by atoms with Gasteiger partial charge in [-0.2, -0.15) is 0 Å². The van der Waals surface area contributed by atoms with Crippen molar-refractivity contribution in [3.05, 3.63) is 71.9 Å². The first-order valence-electron chi connectivity index (χ1n) is 11.6. The Bertz CT molecular complexity index is 1110. The van der Waals surface area contributed by atoms with E-state index in [1.165, 1.54) is 25.4 Å². The third-order valence-electron chi connectivity index (χ3n) is 4.96. The maximum atomic E-state index is 13.4. The van der Waals surface area contributed by atoms with Crippen LogP contribution in [0.25, 0.3) is 0 Å². The van der Waals surface area contributed by atoms with Crippen molar-refractivity contribution >= 4 is 16.1 Å². The van der Waals surface area contributed by atoms with Crippen molar-refractivity contribution in [3.8, 4) is 5.75 Å². The molecular formula is C26H37N3O6S. The van der Waals surface area contributed by atoms with Gasteiger partial charge in [-0.25, -0.2) is 13.2 Å². The largest absolute Gasteiger partial charge is 0.497 e. The number of amides is 1. The van der Waals surface area contributed by atoms with Crippen LogP contribution >= 0.6 is 0 Å². The van der Waals surface area contributed by atoms with Crippen LogP contribution < -0.4 is 15.5 Å². The molecule has 1 amide bonds. The summed E-state index contributed by atoms with van der Waals surface area (Å²) in [4.78, 5) is 12.5. The third kappa shape index (κ3) is 9.18. The van der Waals surface area contributed by atoms with Gasteiger partial charge >= 0.3 is 6.09 Å². The first kappa shape index (κ1) is 29.2. The van der Waals surface area contributed by atoms with E-state index in [0.717, 1.165) is 15.6 Å². The highest BCUT2D eigenvalue weighted by Crippen LogP contribution is 2.20. The highest BCUT2D eigenvalue weighted by molar-refractivity contribution is 7.89. The summed E-state index contributed by atoms with van der Waals surface area (Å²) in [5.74, 6) is 0.516. The minimum atomic E-state index is -4.06. The number of nitrogens with zero attached hydrogens (tertiary/aromatic N) is 1. The second-order valence-electron chi connectivity index (χ2n) is 9.57. The highest BCUT2D eigenvalue weighted by Gasteiger charge is 2.31. The lowest BCUT2D eigenvalue weighted by molar-refractivity contribution is 0.0393. The van der Waals surface area contributed by atoms with Crippen LogP contribution in [0, 0.1) is 0 Å². The first-order valence-corrected chi connectivity index (χ1v) is 13.0. The zero-order valence-electron chi connectivity index (χ0n) is 21.7. The Hall–Kier alpha value is -3.08. The van der Waals surface area contributed by atoms with Gasteiger partial charge in [-0.1, -0.05) is 35.9 Å². The fourth-order valence-corrected chi connectivity index (χ4v) is 4.48. The van der Waals surface area contributed by atoms with Crippen LogP contribution in [0.2, 0.25) is 0 Å². The molecule has 0 heterocycles. The Morgan fingerprint density at radius 2 is 1.69 bits per heavy atom. The molecule has 0 aliphatic rings. The first-order chi connectivity index (χ1) is 16.8. The number of alkyl carbamates (subject to hydrolysis) is 1. The van der Waals surface area contributed by atoms with E-state index in [1.54, 1.807) is 32.9 Å². The lowest BCUT2D eigenvalue weighted by Crippen LogP contribution is -2.53. The summed E-state index contributed by atoms with van der Waals surface area (Å²) in [6, 6.07) is 14.4. The topological polar surface area (TPSA) is 117 Å². The van der Waals surface area contributed by atoms with E-state index in [0.29, 0.717) is 5.75 Å². The number of hydrogen-bond donors (Lipinski definition) is 3. The number of hydrogen-bond acceptors (Lipinski definition) is 7. The zero-order valence-corrected chi connectivity index (χ0v) is 22.5. The Morgan fingerprint density at radius 1 is 1.08 bits per heavy atom.